The molecule has 0 aliphatic carbocycles. The number of aliphatic imine (C=N–C) groups is 1. The maximum absolute atomic E-state index is 13.1. The van der Waals surface area contributed by atoms with Crippen LogP contribution in [0.25, 0.3) is 0 Å². The predicted molar refractivity (Wildman–Crippen MR) is 104 cm³/mol. The SMILES string of the molecule is CCNC(=NCCCS(C)(=O)=O)NCCc1cccc(F)c1.I. The van der Waals surface area contributed by atoms with Crippen LogP contribution in [-0.2, 0) is 16.3 Å². The molecule has 0 radical (unpaired) electrons. The molecule has 5 nitrogen and oxygen atoms in total. The van der Waals surface area contributed by atoms with Crippen LogP contribution in [0.4, 0.5) is 4.39 Å². The third kappa shape index (κ3) is 11.3. The number of guanidine groups is 1. The second-order valence-electron chi connectivity index (χ2n) is 5.05. The molecule has 0 aliphatic rings. The number of hydrogen-bond donors (Lipinski definition) is 2. The zero-order valence-corrected chi connectivity index (χ0v) is 16.7. The first kappa shape index (κ1) is 22.1. The zero-order chi connectivity index (χ0) is 16.4. The van der Waals surface area contributed by atoms with Crippen molar-refractivity contribution in [2.75, 3.05) is 31.6 Å². The van der Waals surface area contributed by atoms with Gasteiger partial charge in [-0.1, -0.05) is 12.1 Å². The molecule has 2 N–H and O–H groups in total. The summed E-state index contributed by atoms with van der Waals surface area (Å²) in [5.41, 5.74) is 0.917. The number of nitrogens with one attached hydrogen (secondary N) is 2. The highest BCUT2D eigenvalue weighted by molar-refractivity contribution is 14.0. The van der Waals surface area contributed by atoms with Crippen LogP contribution in [0.1, 0.15) is 18.9 Å². The lowest BCUT2D eigenvalue weighted by Crippen LogP contribution is -2.38. The van der Waals surface area contributed by atoms with Crippen molar-refractivity contribution < 1.29 is 12.8 Å². The molecule has 132 valence electrons. The first-order valence-corrected chi connectivity index (χ1v) is 9.41. The fraction of sp³-hybridized carbons (Fsp3) is 0.533. The normalized spacial score (nSPS) is 11.7. The first-order valence-electron chi connectivity index (χ1n) is 7.35. The van der Waals surface area contributed by atoms with Crippen LogP contribution in [-0.4, -0.2) is 46.0 Å². The van der Waals surface area contributed by atoms with Gasteiger partial charge >= 0.3 is 0 Å². The average molecular weight is 457 g/mol. The molecule has 0 amide bonds. The van der Waals surface area contributed by atoms with Gasteiger partial charge < -0.3 is 10.6 Å². The Balaban J connectivity index is 0.00000484. The Kier molecular flexibility index (Phi) is 11.2. The molecule has 0 unspecified atom stereocenters. The minimum Gasteiger partial charge on any atom is -0.357 e. The van der Waals surface area contributed by atoms with E-state index in [0.29, 0.717) is 31.9 Å². The van der Waals surface area contributed by atoms with Gasteiger partial charge in [0.2, 0.25) is 0 Å². The maximum atomic E-state index is 13.1. The quantitative estimate of drug-likeness (QED) is 0.271. The van der Waals surface area contributed by atoms with Gasteiger partial charge in [-0.25, -0.2) is 12.8 Å². The van der Waals surface area contributed by atoms with Crippen LogP contribution in [0.5, 0.6) is 0 Å². The molecule has 0 spiro atoms. The second-order valence-corrected chi connectivity index (χ2v) is 7.31. The molecule has 0 heterocycles. The summed E-state index contributed by atoms with van der Waals surface area (Å²) < 4.78 is 35.2. The molecule has 0 atom stereocenters. The molecule has 1 aromatic carbocycles. The van der Waals surface area contributed by atoms with E-state index in [1.807, 2.05) is 13.0 Å². The van der Waals surface area contributed by atoms with Crippen molar-refractivity contribution >= 4 is 39.8 Å². The Morgan fingerprint density at radius 2 is 2.04 bits per heavy atom. The van der Waals surface area contributed by atoms with E-state index < -0.39 is 9.84 Å². The standard InChI is InChI=1S/C15H24FN3O2S.HI/c1-3-17-15(18-9-5-11-22(2,20)21)19-10-8-13-6-4-7-14(16)12-13;/h4,6-7,12H,3,5,8-11H2,1-2H3,(H2,17,18,19);1H. The Labute approximate surface area is 155 Å². The highest BCUT2D eigenvalue weighted by Gasteiger charge is 2.02. The summed E-state index contributed by atoms with van der Waals surface area (Å²) >= 11 is 0. The summed E-state index contributed by atoms with van der Waals surface area (Å²) in [5.74, 6) is 0.547. The smallest absolute Gasteiger partial charge is 0.191 e. The fourth-order valence-corrected chi connectivity index (χ4v) is 2.53. The van der Waals surface area contributed by atoms with Crippen molar-refractivity contribution in [3.05, 3.63) is 35.6 Å². The monoisotopic (exact) mass is 457 g/mol. The van der Waals surface area contributed by atoms with E-state index in [9.17, 15) is 12.8 Å². The summed E-state index contributed by atoms with van der Waals surface area (Å²) in [4.78, 5) is 4.32. The van der Waals surface area contributed by atoms with Gasteiger partial charge in [-0.05, 0) is 37.5 Å². The molecule has 0 fully saturated rings. The Morgan fingerprint density at radius 3 is 2.65 bits per heavy atom. The summed E-state index contributed by atoms with van der Waals surface area (Å²) in [6.07, 6.45) is 2.41. The Morgan fingerprint density at radius 1 is 1.30 bits per heavy atom. The summed E-state index contributed by atoms with van der Waals surface area (Å²) in [6.45, 7) is 3.75. The third-order valence-corrected chi connectivity index (χ3v) is 3.91. The van der Waals surface area contributed by atoms with Crippen molar-refractivity contribution in [3.8, 4) is 0 Å². The van der Waals surface area contributed by atoms with E-state index in [0.717, 1.165) is 12.1 Å². The van der Waals surface area contributed by atoms with Gasteiger partial charge in [0.25, 0.3) is 0 Å². The number of halogens is 2. The number of benzene rings is 1. The molecule has 0 aliphatic heterocycles. The lowest BCUT2D eigenvalue weighted by Gasteiger charge is -2.11. The molecule has 23 heavy (non-hydrogen) atoms. The van der Waals surface area contributed by atoms with E-state index in [-0.39, 0.29) is 35.5 Å². The van der Waals surface area contributed by atoms with Crippen LogP contribution in [0, 0.1) is 5.82 Å². The second kappa shape index (κ2) is 11.6. The molecular formula is C15H25FIN3O2S. The predicted octanol–water partition coefficient (Wildman–Crippen LogP) is 1.98. The maximum Gasteiger partial charge on any atom is 0.191 e. The summed E-state index contributed by atoms with van der Waals surface area (Å²) in [5, 5.41) is 6.25. The van der Waals surface area contributed by atoms with Crippen LogP contribution in [0.2, 0.25) is 0 Å². The lowest BCUT2D eigenvalue weighted by molar-refractivity contribution is 0.599. The number of sulfone groups is 1. The van der Waals surface area contributed by atoms with Crippen molar-refractivity contribution in [2.24, 2.45) is 4.99 Å². The van der Waals surface area contributed by atoms with Gasteiger partial charge in [-0.15, -0.1) is 24.0 Å². The van der Waals surface area contributed by atoms with Gasteiger partial charge in [0.15, 0.2) is 5.96 Å². The first-order chi connectivity index (χ1) is 10.4. The van der Waals surface area contributed by atoms with Gasteiger partial charge in [0.05, 0.1) is 5.75 Å². The van der Waals surface area contributed by atoms with Crippen LogP contribution >= 0.6 is 24.0 Å². The molecular weight excluding hydrogens is 432 g/mol. The van der Waals surface area contributed by atoms with Gasteiger partial charge in [-0.2, -0.15) is 0 Å². The topological polar surface area (TPSA) is 70.6 Å². The largest absolute Gasteiger partial charge is 0.357 e. The highest BCUT2D eigenvalue weighted by atomic mass is 127. The minimum atomic E-state index is -2.94. The van der Waals surface area contributed by atoms with Gasteiger partial charge in [0, 0.05) is 25.9 Å². The molecule has 8 heteroatoms. The van der Waals surface area contributed by atoms with E-state index >= 15 is 0 Å². The van der Waals surface area contributed by atoms with Crippen LogP contribution in [0.15, 0.2) is 29.3 Å². The van der Waals surface area contributed by atoms with Crippen LogP contribution < -0.4 is 10.6 Å². The van der Waals surface area contributed by atoms with Crippen molar-refractivity contribution in [1.82, 2.24) is 10.6 Å². The minimum absolute atomic E-state index is 0. The molecule has 0 saturated heterocycles. The number of rotatable bonds is 8. The van der Waals surface area contributed by atoms with Gasteiger partial charge in [0.1, 0.15) is 15.7 Å². The lowest BCUT2D eigenvalue weighted by atomic mass is 10.1. The van der Waals surface area contributed by atoms with E-state index in [1.165, 1.54) is 18.4 Å². The summed E-state index contributed by atoms with van der Waals surface area (Å²) in [6, 6.07) is 6.50. The Bertz CT molecular complexity index is 594. The van der Waals surface area contributed by atoms with E-state index in [1.54, 1.807) is 6.07 Å². The Hall–Kier alpha value is -0.900. The van der Waals surface area contributed by atoms with Crippen molar-refractivity contribution in [3.63, 3.8) is 0 Å². The van der Waals surface area contributed by atoms with Crippen molar-refractivity contribution in [2.45, 2.75) is 19.8 Å². The molecule has 0 bridgehead atoms. The molecule has 1 rings (SSSR count). The molecule has 1 aromatic rings. The van der Waals surface area contributed by atoms with Crippen molar-refractivity contribution in [1.29, 1.82) is 0 Å². The zero-order valence-electron chi connectivity index (χ0n) is 13.5. The molecule has 0 saturated carbocycles. The highest BCUT2D eigenvalue weighted by Crippen LogP contribution is 2.03. The van der Waals surface area contributed by atoms with E-state index in [4.69, 9.17) is 0 Å². The van der Waals surface area contributed by atoms with E-state index in [2.05, 4.69) is 15.6 Å². The fourth-order valence-electron chi connectivity index (χ4n) is 1.88. The molecule has 0 aromatic heterocycles. The average Bonchev–Trinajstić information content (AvgIpc) is 2.42. The number of hydrogen-bond acceptors (Lipinski definition) is 3. The van der Waals surface area contributed by atoms with Crippen LogP contribution in [0.3, 0.4) is 0 Å². The summed E-state index contributed by atoms with van der Waals surface area (Å²) in [7, 11) is -2.94. The van der Waals surface area contributed by atoms with Gasteiger partial charge in [-0.3, -0.25) is 4.99 Å². The third-order valence-electron chi connectivity index (χ3n) is 2.88. The number of nitrogens with zero attached hydrogens (tertiary/aromatic N) is 1.